The van der Waals surface area contributed by atoms with Crippen LogP contribution >= 0.6 is 11.3 Å². The summed E-state index contributed by atoms with van der Waals surface area (Å²) >= 11 is 1.56. The Bertz CT molecular complexity index is 1130. The van der Waals surface area contributed by atoms with Crippen LogP contribution in [0.2, 0.25) is 0 Å². The molecule has 0 saturated carbocycles. The predicted molar refractivity (Wildman–Crippen MR) is 114 cm³/mol. The van der Waals surface area contributed by atoms with Gasteiger partial charge in [-0.1, -0.05) is 18.2 Å². The Morgan fingerprint density at radius 3 is 2.55 bits per heavy atom. The van der Waals surface area contributed by atoms with Gasteiger partial charge in [0, 0.05) is 49.3 Å². The molecule has 4 aromatic rings. The smallest absolute Gasteiger partial charge is 0.264 e. The molecule has 1 amide bonds. The monoisotopic (exact) mass is 404 g/mol. The lowest BCUT2D eigenvalue weighted by atomic mass is 10.2. The van der Waals surface area contributed by atoms with Gasteiger partial charge in [-0.2, -0.15) is 5.10 Å². The average Bonchev–Trinajstić information content (AvgIpc) is 3.43. The summed E-state index contributed by atoms with van der Waals surface area (Å²) in [5.41, 5.74) is 0. The topological polar surface area (TPSA) is 67.2 Å². The minimum absolute atomic E-state index is 0.113. The fraction of sp³-hybridized carbons (Fsp3) is 0.238. The number of fused-ring (bicyclic) bond motifs is 1. The quantitative estimate of drug-likeness (QED) is 0.525. The van der Waals surface area contributed by atoms with E-state index in [9.17, 15) is 4.79 Å². The maximum Gasteiger partial charge on any atom is 0.264 e. The van der Waals surface area contributed by atoms with E-state index in [0.29, 0.717) is 18.9 Å². The molecule has 3 aromatic heterocycles. The second kappa shape index (κ2) is 7.29. The molecule has 4 heterocycles. The van der Waals surface area contributed by atoms with Gasteiger partial charge in [0.15, 0.2) is 5.82 Å². The number of aromatic nitrogens is 4. The fourth-order valence-corrected chi connectivity index (χ4v) is 4.63. The third kappa shape index (κ3) is 3.47. The first-order valence-electron chi connectivity index (χ1n) is 9.56. The van der Waals surface area contributed by atoms with Crippen LogP contribution in [0.15, 0.2) is 54.9 Å². The van der Waals surface area contributed by atoms with E-state index in [1.807, 2.05) is 48.4 Å². The molecule has 7 nitrogen and oxygen atoms in total. The number of anilines is 1. The van der Waals surface area contributed by atoms with Crippen molar-refractivity contribution in [2.24, 2.45) is 0 Å². The molecule has 1 aliphatic rings. The van der Waals surface area contributed by atoms with Crippen LogP contribution < -0.4 is 4.90 Å². The molecule has 0 atom stereocenters. The van der Waals surface area contributed by atoms with Crippen molar-refractivity contribution in [2.75, 3.05) is 31.1 Å². The van der Waals surface area contributed by atoms with Crippen molar-refractivity contribution in [1.29, 1.82) is 0 Å². The van der Waals surface area contributed by atoms with Crippen LogP contribution in [0.5, 0.6) is 0 Å². The van der Waals surface area contributed by atoms with Gasteiger partial charge >= 0.3 is 0 Å². The number of piperazine rings is 1. The summed E-state index contributed by atoms with van der Waals surface area (Å²) in [4.78, 5) is 27.0. The van der Waals surface area contributed by atoms with Crippen molar-refractivity contribution in [3.05, 3.63) is 65.6 Å². The van der Waals surface area contributed by atoms with Gasteiger partial charge < -0.3 is 9.80 Å². The zero-order valence-electron chi connectivity index (χ0n) is 16.0. The zero-order valence-corrected chi connectivity index (χ0v) is 16.8. The number of carbonyl (C=O) groups excluding carboxylic acids is 1. The first-order chi connectivity index (χ1) is 14.2. The number of carbonyl (C=O) groups is 1. The van der Waals surface area contributed by atoms with Gasteiger partial charge in [0.1, 0.15) is 11.6 Å². The molecule has 0 aliphatic carbocycles. The first kappa shape index (κ1) is 17.8. The molecule has 1 saturated heterocycles. The lowest BCUT2D eigenvalue weighted by molar-refractivity contribution is 0.0751. The lowest BCUT2D eigenvalue weighted by Gasteiger charge is -2.35. The molecule has 0 N–H and O–H groups in total. The average molecular weight is 404 g/mol. The predicted octanol–water partition coefficient (Wildman–Crippen LogP) is 3.15. The molecule has 1 aromatic carbocycles. The third-order valence-electron chi connectivity index (χ3n) is 5.08. The van der Waals surface area contributed by atoms with Gasteiger partial charge in [0.25, 0.3) is 5.91 Å². The Balaban J connectivity index is 1.31. The molecule has 29 heavy (non-hydrogen) atoms. The van der Waals surface area contributed by atoms with Gasteiger partial charge in [-0.15, -0.1) is 11.3 Å². The number of nitrogens with zero attached hydrogens (tertiary/aromatic N) is 6. The molecule has 1 aliphatic heterocycles. The molecular weight excluding hydrogens is 384 g/mol. The normalized spacial score (nSPS) is 14.5. The fourth-order valence-electron chi connectivity index (χ4n) is 3.60. The van der Waals surface area contributed by atoms with Gasteiger partial charge in [-0.25, -0.2) is 14.6 Å². The van der Waals surface area contributed by atoms with E-state index in [0.717, 1.165) is 39.7 Å². The molecule has 5 rings (SSSR count). The highest BCUT2D eigenvalue weighted by molar-refractivity contribution is 7.20. The van der Waals surface area contributed by atoms with Crippen LogP contribution in [0.1, 0.15) is 15.5 Å². The summed E-state index contributed by atoms with van der Waals surface area (Å²) in [6.45, 7) is 4.72. The maximum absolute atomic E-state index is 13.0. The van der Waals surface area contributed by atoms with Gasteiger partial charge in [-0.05, 0) is 30.5 Å². The second-order valence-electron chi connectivity index (χ2n) is 7.01. The molecule has 0 unspecified atom stereocenters. The van der Waals surface area contributed by atoms with E-state index in [-0.39, 0.29) is 5.91 Å². The summed E-state index contributed by atoms with van der Waals surface area (Å²) in [7, 11) is 0. The molecule has 1 fully saturated rings. The molecule has 0 spiro atoms. The van der Waals surface area contributed by atoms with Gasteiger partial charge in [0.2, 0.25) is 0 Å². The zero-order chi connectivity index (χ0) is 19.8. The number of hydrogen-bond donors (Lipinski definition) is 0. The van der Waals surface area contributed by atoms with Crippen molar-refractivity contribution in [2.45, 2.75) is 6.92 Å². The van der Waals surface area contributed by atoms with Crippen LogP contribution in [0.25, 0.3) is 15.9 Å². The van der Waals surface area contributed by atoms with Crippen molar-refractivity contribution >= 4 is 33.1 Å². The van der Waals surface area contributed by atoms with E-state index in [1.165, 1.54) is 0 Å². The van der Waals surface area contributed by atoms with Crippen LogP contribution in [0.4, 0.5) is 5.82 Å². The van der Waals surface area contributed by atoms with Crippen LogP contribution in [0, 0.1) is 6.92 Å². The Kier molecular flexibility index (Phi) is 4.48. The van der Waals surface area contributed by atoms with Crippen molar-refractivity contribution < 1.29 is 4.79 Å². The molecule has 0 bridgehead atoms. The number of hydrogen-bond acceptors (Lipinski definition) is 6. The minimum atomic E-state index is 0.113. The van der Waals surface area contributed by atoms with Crippen molar-refractivity contribution in [1.82, 2.24) is 24.6 Å². The largest absolute Gasteiger partial charge is 0.353 e. The number of aryl methyl sites for hydroxylation is 1. The summed E-state index contributed by atoms with van der Waals surface area (Å²) in [6.07, 6.45) is 3.60. The first-order valence-corrected chi connectivity index (χ1v) is 10.4. The Hall–Kier alpha value is -3.26. The number of thiophene rings is 1. The highest BCUT2D eigenvalue weighted by Crippen LogP contribution is 2.27. The highest BCUT2D eigenvalue weighted by Gasteiger charge is 2.24. The van der Waals surface area contributed by atoms with E-state index >= 15 is 0 Å². The number of amides is 1. The van der Waals surface area contributed by atoms with Gasteiger partial charge in [0.05, 0.1) is 4.88 Å². The van der Waals surface area contributed by atoms with Crippen molar-refractivity contribution in [3.8, 4) is 5.82 Å². The summed E-state index contributed by atoms with van der Waals surface area (Å²) in [5, 5.41) is 5.38. The molecular formula is C21H20N6OS. The molecule has 0 radical (unpaired) electrons. The maximum atomic E-state index is 13.0. The standard InChI is InChI=1S/C21H20N6OS/c1-15-23-19(14-20(24-15)27-8-4-7-22-27)25-9-11-26(12-10-25)21(28)18-13-16-5-2-3-6-17(16)29-18/h2-8,13-14H,9-12H2,1H3. The summed E-state index contributed by atoms with van der Waals surface area (Å²) in [6, 6.07) is 13.9. The van der Waals surface area contributed by atoms with Crippen LogP contribution in [0.3, 0.4) is 0 Å². The van der Waals surface area contributed by atoms with E-state index in [4.69, 9.17) is 0 Å². The third-order valence-corrected chi connectivity index (χ3v) is 6.18. The molecule has 8 heteroatoms. The summed E-state index contributed by atoms with van der Waals surface area (Å²) in [5.74, 6) is 2.44. The van der Waals surface area contributed by atoms with E-state index in [1.54, 1.807) is 22.2 Å². The Labute approximate surface area is 172 Å². The highest BCUT2D eigenvalue weighted by atomic mass is 32.1. The van der Waals surface area contributed by atoms with E-state index < -0.39 is 0 Å². The van der Waals surface area contributed by atoms with E-state index in [2.05, 4.69) is 32.1 Å². The SMILES string of the molecule is Cc1nc(N2CCN(C(=O)c3cc4ccccc4s3)CC2)cc(-n2cccn2)n1. The van der Waals surface area contributed by atoms with Crippen LogP contribution in [-0.4, -0.2) is 56.7 Å². The minimum Gasteiger partial charge on any atom is -0.353 e. The second-order valence-corrected chi connectivity index (χ2v) is 8.09. The lowest BCUT2D eigenvalue weighted by Crippen LogP contribution is -2.49. The van der Waals surface area contributed by atoms with Crippen molar-refractivity contribution in [3.63, 3.8) is 0 Å². The Morgan fingerprint density at radius 1 is 1.00 bits per heavy atom. The van der Waals surface area contributed by atoms with Gasteiger partial charge in [-0.3, -0.25) is 4.79 Å². The van der Waals surface area contributed by atoms with Crippen LogP contribution in [-0.2, 0) is 0 Å². The number of benzene rings is 1. The summed E-state index contributed by atoms with van der Waals surface area (Å²) < 4.78 is 2.89. The molecule has 146 valence electrons. The number of rotatable bonds is 3. The Morgan fingerprint density at radius 2 is 1.79 bits per heavy atom.